The number of rotatable bonds is 7. The Kier molecular flexibility index (Phi) is 8.14. The molecule has 4 aromatic rings. The number of nitrogens with one attached hydrogen (secondary N) is 2. The molecule has 0 unspecified atom stereocenters. The number of halogens is 2. The van der Waals surface area contributed by atoms with E-state index in [1.54, 1.807) is 36.4 Å². The second kappa shape index (κ2) is 12.1. The molecule has 222 valence electrons. The quantitative estimate of drug-likeness (QED) is 0.275. The van der Waals surface area contributed by atoms with Crippen LogP contribution in [0, 0.1) is 11.6 Å². The van der Waals surface area contributed by atoms with Crippen molar-refractivity contribution in [3.8, 4) is 0 Å². The predicted molar refractivity (Wildman–Crippen MR) is 164 cm³/mol. The molecule has 1 amide bonds. The Morgan fingerprint density at radius 2 is 1.42 bits per heavy atom. The molecule has 6 rings (SSSR count). The van der Waals surface area contributed by atoms with Crippen molar-refractivity contribution in [3.05, 3.63) is 119 Å². The Balaban J connectivity index is 1.31. The highest BCUT2D eigenvalue weighted by molar-refractivity contribution is 7.89. The van der Waals surface area contributed by atoms with Crippen LogP contribution in [0.1, 0.15) is 40.4 Å². The van der Waals surface area contributed by atoms with Crippen molar-refractivity contribution in [2.45, 2.75) is 30.2 Å². The number of piperazine rings is 1. The molecule has 10 heteroatoms. The van der Waals surface area contributed by atoms with Crippen LogP contribution in [-0.2, 0) is 16.4 Å². The van der Waals surface area contributed by atoms with Gasteiger partial charge in [-0.1, -0.05) is 48.5 Å². The summed E-state index contributed by atoms with van der Waals surface area (Å²) in [6.45, 7) is 1.92. The van der Waals surface area contributed by atoms with Crippen LogP contribution in [0.4, 0.5) is 25.8 Å². The van der Waals surface area contributed by atoms with E-state index in [1.807, 2.05) is 34.1 Å². The monoisotopic (exact) mass is 602 g/mol. The average molecular weight is 603 g/mol. The summed E-state index contributed by atoms with van der Waals surface area (Å²) in [6, 6.07) is 24.4. The van der Waals surface area contributed by atoms with Gasteiger partial charge in [-0.3, -0.25) is 4.79 Å². The van der Waals surface area contributed by atoms with Crippen LogP contribution in [0.5, 0.6) is 0 Å². The van der Waals surface area contributed by atoms with E-state index >= 15 is 0 Å². The molecular weight excluding hydrogens is 570 g/mol. The molecule has 1 aliphatic heterocycles. The van der Waals surface area contributed by atoms with Gasteiger partial charge in [0.15, 0.2) is 0 Å². The lowest BCUT2D eigenvalue weighted by Crippen LogP contribution is -2.47. The first-order valence-corrected chi connectivity index (χ1v) is 15.8. The fourth-order valence-electron chi connectivity index (χ4n) is 5.94. The molecule has 7 nitrogen and oxygen atoms in total. The number of amides is 1. The summed E-state index contributed by atoms with van der Waals surface area (Å²) in [6.07, 6.45) is 2.41. The van der Waals surface area contributed by atoms with E-state index < -0.39 is 27.8 Å². The Morgan fingerprint density at radius 1 is 0.767 bits per heavy atom. The number of anilines is 3. The fraction of sp³-hybridized carbons (Fsp3) is 0.242. The van der Waals surface area contributed by atoms with Crippen molar-refractivity contribution in [1.82, 2.24) is 4.72 Å². The number of aryl methyl sites for hydroxylation is 1. The lowest BCUT2D eigenvalue weighted by molar-refractivity contribution is 0.102. The molecule has 0 bridgehead atoms. The van der Waals surface area contributed by atoms with Crippen LogP contribution < -0.4 is 19.8 Å². The highest BCUT2D eigenvalue weighted by Gasteiger charge is 2.30. The standard InChI is InChI=1S/C33H32F2N4O3S/c34-27-12-4-3-11-26(27)33(40)36-24-16-17-31(39-20-18-38(19-21-39)30-15-6-5-13-28(30)35)32(22-24)43(41,42)37-29-14-7-9-23-8-1-2-10-25(23)29/h1-6,8,10-13,15-17,22,29,37H,7,9,14,18-21H2,(H,36,40)/t29-/m0/s1. The van der Waals surface area contributed by atoms with Crippen LogP contribution in [-0.4, -0.2) is 40.5 Å². The van der Waals surface area contributed by atoms with E-state index in [0.717, 1.165) is 24.0 Å². The van der Waals surface area contributed by atoms with E-state index in [1.165, 1.54) is 30.3 Å². The summed E-state index contributed by atoms with van der Waals surface area (Å²) in [5.74, 6) is -1.65. The Hall–Kier alpha value is -4.28. The van der Waals surface area contributed by atoms with Gasteiger partial charge in [-0.2, -0.15) is 0 Å². The summed E-state index contributed by atoms with van der Waals surface area (Å²) in [4.78, 5) is 16.8. The predicted octanol–water partition coefficient (Wildman–Crippen LogP) is 5.90. The number of carbonyl (C=O) groups excluding carboxylic acids is 1. The first-order chi connectivity index (χ1) is 20.8. The topological polar surface area (TPSA) is 81.8 Å². The molecule has 4 aromatic carbocycles. The van der Waals surface area contributed by atoms with Crippen LogP contribution in [0.2, 0.25) is 0 Å². The van der Waals surface area contributed by atoms with Crippen molar-refractivity contribution < 1.29 is 22.0 Å². The second-order valence-corrected chi connectivity index (χ2v) is 12.5. The van der Waals surface area contributed by atoms with Crippen molar-refractivity contribution in [3.63, 3.8) is 0 Å². The van der Waals surface area contributed by atoms with Crippen LogP contribution >= 0.6 is 0 Å². The second-order valence-electron chi connectivity index (χ2n) is 10.8. The van der Waals surface area contributed by atoms with Gasteiger partial charge in [0.1, 0.15) is 16.5 Å². The van der Waals surface area contributed by atoms with Gasteiger partial charge in [0.2, 0.25) is 10.0 Å². The van der Waals surface area contributed by atoms with Crippen LogP contribution in [0.15, 0.2) is 95.9 Å². The maximum Gasteiger partial charge on any atom is 0.258 e. The Labute approximate surface area is 250 Å². The normalized spacial score (nSPS) is 16.9. The lowest BCUT2D eigenvalue weighted by atomic mass is 9.88. The van der Waals surface area contributed by atoms with Crippen molar-refractivity contribution in [1.29, 1.82) is 0 Å². The highest BCUT2D eigenvalue weighted by atomic mass is 32.2. The molecule has 1 fully saturated rings. The molecule has 0 spiro atoms. The molecule has 43 heavy (non-hydrogen) atoms. The van der Waals surface area contributed by atoms with Crippen molar-refractivity contribution in [2.75, 3.05) is 41.3 Å². The number of fused-ring (bicyclic) bond motifs is 1. The third-order valence-electron chi connectivity index (χ3n) is 8.11. The van der Waals surface area contributed by atoms with Gasteiger partial charge in [-0.25, -0.2) is 21.9 Å². The minimum absolute atomic E-state index is 0.0150. The first kappa shape index (κ1) is 28.8. The molecular formula is C33H32F2N4O3S. The molecule has 1 aliphatic carbocycles. The molecule has 0 saturated carbocycles. The van der Waals surface area contributed by atoms with Gasteiger partial charge in [-0.05, 0) is 72.9 Å². The number of carbonyl (C=O) groups is 1. The van der Waals surface area contributed by atoms with Gasteiger partial charge < -0.3 is 15.1 Å². The number of nitrogens with zero attached hydrogens (tertiary/aromatic N) is 2. The van der Waals surface area contributed by atoms with Gasteiger partial charge in [0.05, 0.1) is 16.9 Å². The maximum atomic E-state index is 14.4. The molecule has 1 atom stereocenters. The molecule has 0 radical (unpaired) electrons. The summed E-state index contributed by atoms with van der Waals surface area (Å²) in [5.41, 5.74) is 3.16. The third-order valence-corrected chi connectivity index (χ3v) is 9.61. The summed E-state index contributed by atoms with van der Waals surface area (Å²) in [5, 5.41) is 2.66. The summed E-state index contributed by atoms with van der Waals surface area (Å²) < 4.78 is 59.8. The zero-order valence-electron chi connectivity index (χ0n) is 23.5. The molecule has 2 N–H and O–H groups in total. The van der Waals surface area contributed by atoms with Gasteiger partial charge in [0.25, 0.3) is 5.91 Å². The largest absolute Gasteiger partial charge is 0.367 e. The average Bonchev–Trinajstić information content (AvgIpc) is 3.02. The minimum atomic E-state index is -4.08. The third kappa shape index (κ3) is 6.11. The number of para-hydroxylation sites is 1. The molecule has 1 saturated heterocycles. The lowest BCUT2D eigenvalue weighted by Gasteiger charge is -2.38. The van der Waals surface area contributed by atoms with Crippen LogP contribution in [0.3, 0.4) is 0 Å². The molecule has 1 heterocycles. The van der Waals surface area contributed by atoms with Gasteiger partial charge in [0, 0.05) is 37.9 Å². The first-order valence-electron chi connectivity index (χ1n) is 14.3. The number of hydrogen-bond acceptors (Lipinski definition) is 5. The summed E-state index contributed by atoms with van der Waals surface area (Å²) in [7, 11) is -4.08. The van der Waals surface area contributed by atoms with Crippen molar-refractivity contribution >= 4 is 33.0 Å². The Morgan fingerprint density at radius 3 is 2.16 bits per heavy atom. The fourth-order valence-corrected chi connectivity index (χ4v) is 7.44. The number of benzene rings is 4. The van der Waals surface area contributed by atoms with Crippen LogP contribution in [0.25, 0.3) is 0 Å². The van der Waals surface area contributed by atoms with E-state index in [9.17, 15) is 22.0 Å². The van der Waals surface area contributed by atoms with Gasteiger partial charge >= 0.3 is 0 Å². The zero-order chi connectivity index (χ0) is 30.0. The smallest absolute Gasteiger partial charge is 0.258 e. The van der Waals surface area contributed by atoms with Crippen molar-refractivity contribution in [2.24, 2.45) is 0 Å². The SMILES string of the molecule is O=C(Nc1ccc(N2CCN(c3ccccc3F)CC2)c(S(=O)(=O)N[C@H]2CCCc3ccccc32)c1)c1ccccc1F. The zero-order valence-corrected chi connectivity index (χ0v) is 24.3. The highest BCUT2D eigenvalue weighted by Crippen LogP contribution is 2.35. The number of hydrogen-bond donors (Lipinski definition) is 2. The van der Waals surface area contributed by atoms with Gasteiger partial charge in [-0.15, -0.1) is 0 Å². The Bertz CT molecular complexity index is 1760. The van der Waals surface area contributed by atoms with E-state index in [4.69, 9.17) is 0 Å². The summed E-state index contributed by atoms with van der Waals surface area (Å²) >= 11 is 0. The minimum Gasteiger partial charge on any atom is -0.367 e. The van der Waals surface area contributed by atoms with E-state index in [0.29, 0.717) is 44.0 Å². The van der Waals surface area contributed by atoms with E-state index in [2.05, 4.69) is 10.0 Å². The molecule has 2 aliphatic rings. The number of sulfonamides is 1. The molecule has 0 aromatic heterocycles. The maximum absolute atomic E-state index is 14.4. The van der Waals surface area contributed by atoms with E-state index in [-0.39, 0.29) is 22.0 Å².